The van der Waals surface area contributed by atoms with E-state index in [-0.39, 0.29) is 0 Å². The van der Waals surface area contributed by atoms with Crippen LogP contribution in [-0.2, 0) is 11.3 Å². The molecule has 2 aromatic carbocycles. The van der Waals surface area contributed by atoms with Gasteiger partial charge in [-0.05, 0) is 35.9 Å². The average Bonchev–Trinajstić information content (AvgIpc) is 2.69. The number of aromatic nitrogens is 2. The molecule has 0 aliphatic rings. The zero-order chi connectivity index (χ0) is 18.0. The molecule has 3 rings (SSSR count). The molecule has 1 heterocycles. The van der Waals surface area contributed by atoms with E-state index in [0.717, 1.165) is 22.8 Å². The smallest absolute Gasteiger partial charge is 0.224 e. The van der Waals surface area contributed by atoms with E-state index in [0.29, 0.717) is 25.7 Å². The van der Waals surface area contributed by atoms with E-state index in [1.54, 1.807) is 13.3 Å². The largest absolute Gasteiger partial charge is 0.489 e. The van der Waals surface area contributed by atoms with E-state index in [9.17, 15) is 0 Å². The number of nitrogens with one attached hydrogen (secondary N) is 2. The molecule has 0 atom stereocenters. The third kappa shape index (κ3) is 5.46. The van der Waals surface area contributed by atoms with Crippen molar-refractivity contribution < 1.29 is 9.47 Å². The zero-order valence-corrected chi connectivity index (χ0v) is 14.7. The molecule has 0 saturated heterocycles. The third-order valence-corrected chi connectivity index (χ3v) is 3.62. The van der Waals surface area contributed by atoms with Gasteiger partial charge in [0.1, 0.15) is 18.2 Å². The minimum atomic E-state index is 0.552. The molecule has 0 unspecified atom stereocenters. The molecule has 0 saturated carbocycles. The Morgan fingerprint density at radius 2 is 1.77 bits per heavy atom. The van der Waals surface area contributed by atoms with E-state index in [1.807, 2.05) is 60.7 Å². The van der Waals surface area contributed by atoms with Crippen molar-refractivity contribution in [1.82, 2.24) is 9.97 Å². The summed E-state index contributed by atoms with van der Waals surface area (Å²) in [6.07, 6.45) is 1.71. The molecule has 0 radical (unpaired) electrons. The summed E-state index contributed by atoms with van der Waals surface area (Å²) in [5, 5.41) is 6.36. The van der Waals surface area contributed by atoms with Crippen molar-refractivity contribution in [2.75, 3.05) is 30.9 Å². The van der Waals surface area contributed by atoms with Gasteiger partial charge in [0.05, 0.1) is 6.61 Å². The van der Waals surface area contributed by atoms with Crippen LogP contribution < -0.4 is 15.4 Å². The molecule has 0 spiro atoms. The molecule has 0 amide bonds. The Hall–Kier alpha value is -3.12. The molecule has 134 valence electrons. The fourth-order valence-electron chi connectivity index (χ4n) is 2.30. The quantitative estimate of drug-likeness (QED) is 0.571. The van der Waals surface area contributed by atoms with E-state index in [1.165, 1.54) is 0 Å². The molecule has 0 aliphatic carbocycles. The Morgan fingerprint density at radius 3 is 2.54 bits per heavy atom. The summed E-state index contributed by atoms with van der Waals surface area (Å²) in [6.45, 7) is 1.81. The monoisotopic (exact) mass is 350 g/mol. The highest BCUT2D eigenvalue weighted by Crippen LogP contribution is 2.20. The van der Waals surface area contributed by atoms with Gasteiger partial charge in [0.2, 0.25) is 5.95 Å². The SMILES string of the molecule is COCCNc1nccc(Nc2ccc(OCc3ccccc3)cc2)n1. The highest BCUT2D eigenvalue weighted by Gasteiger charge is 2.01. The molecule has 2 N–H and O–H groups in total. The number of hydrogen-bond acceptors (Lipinski definition) is 6. The van der Waals surface area contributed by atoms with Gasteiger partial charge in [0.15, 0.2) is 0 Å². The number of benzene rings is 2. The van der Waals surface area contributed by atoms with Gasteiger partial charge in [-0.25, -0.2) is 4.98 Å². The minimum Gasteiger partial charge on any atom is -0.489 e. The molecule has 0 bridgehead atoms. The molecular weight excluding hydrogens is 328 g/mol. The van der Waals surface area contributed by atoms with Crippen LogP contribution in [0.2, 0.25) is 0 Å². The van der Waals surface area contributed by atoms with Gasteiger partial charge in [0, 0.05) is 25.5 Å². The standard InChI is InChI=1S/C20H22N4O2/c1-25-14-13-22-20-21-12-11-19(24-20)23-17-7-9-18(10-8-17)26-15-16-5-3-2-4-6-16/h2-12H,13-15H2,1H3,(H2,21,22,23,24). The lowest BCUT2D eigenvalue weighted by molar-refractivity contribution is 0.210. The summed E-state index contributed by atoms with van der Waals surface area (Å²) in [4.78, 5) is 8.60. The normalized spacial score (nSPS) is 10.3. The first kappa shape index (κ1) is 17.7. The summed E-state index contributed by atoms with van der Waals surface area (Å²) >= 11 is 0. The van der Waals surface area contributed by atoms with Crippen LogP contribution in [-0.4, -0.2) is 30.2 Å². The predicted molar refractivity (Wildman–Crippen MR) is 103 cm³/mol. The zero-order valence-electron chi connectivity index (χ0n) is 14.7. The van der Waals surface area contributed by atoms with Crippen molar-refractivity contribution in [3.63, 3.8) is 0 Å². The maximum absolute atomic E-state index is 5.80. The number of hydrogen-bond donors (Lipinski definition) is 2. The Kier molecular flexibility index (Phi) is 6.39. The Morgan fingerprint density at radius 1 is 0.962 bits per heavy atom. The second-order valence-corrected chi connectivity index (χ2v) is 5.61. The van der Waals surface area contributed by atoms with Crippen molar-refractivity contribution in [2.45, 2.75) is 6.61 Å². The van der Waals surface area contributed by atoms with Crippen LogP contribution in [0.3, 0.4) is 0 Å². The van der Waals surface area contributed by atoms with Crippen LogP contribution in [0, 0.1) is 0 Å². The number of ether oxygens (including phenoxy) is 2. The molecule has 0 aliphatic heterocycles. The number of nitrogens with zero attached hydrogens (tertiary/aromatic N) is 2. The second kappa shape index (κ2) is 9.39. The van der Waals surface area contributed by atoms with Crippen LogP contribution in [0.1, 0.15) is 5.56 Å². The first-order valence-corrected chi connectivity index (χ1v) is 8.43. The third-order valence-electron chi connectivity index (χ3n) is 3.62. The Bertz CT molecular complexity index is 794. The van der Waals surface area contributed by atoms with Crippen LogP contribution in [0.5, 0.6) is 5.75 Å². The van der Waals surface area contributed by atoms with Gasteiger partial charge in [-0.1, -0.05) is 30.3 Å². The molecule has 6 nitrogen and oxygen atoms in total. The summed E-state index contributed by atoms with van der Waals surface area (Å²) < 4.78 is 10.8. The van der Waals surface area contributed by atoms with Crippen molar-refractivity contribution in [2.24, 2.45) is 0 Å². The lowest BCUT2D eigenvalue weighted by Crippen LogP contribution is -2.10. The molecule has 1 aromatic heterocycles. The van der Waals surface area contributed by atoms with Crippen LogP contribution in [0.25, 0.3) is 0 Å². The number of methoxy groups -OCH3 is 1. The van der Waals surface area contributed by atoms with E-state index >= 15 is 0 Å². The molecule has 3 aromatic rings. The Balaban J connectivity index is 1.54. The molecule has 0 fully saturated rings. The minimum absolute atomic E-state index is 0.552. The number of anilines is 3. The fraction of sp³-hybridized carbons (Fsp3) is 0.200. The number of rotatable bonds is 9. The topological polar surface area (TPSA) is 68.3 Å². The van der Waals surface area contributed by atoms with E-state index in [2.05, 4.69) is 20.6 Å². The van der Waals surface area contributed by atoms with Crippen molar-refractivity contribution in [3.8, 4) is 5.75 Å². The Labute approximate surface area is 153 Å². The molecular formula is C20H22N4O2. The van der Waals surface area contributed by atoms with Crippen LogP contribution in [0.4, 0.5) is 17.5 Å². The summed E-state index contributed by atoms with van der Waals surface area (Å²) in [6, 6.07) is 19.7. The second-order valence-electron chi connectivity index (χ2n) is 5.61. The molecule has 6 heteroatoms. The van der Waals surface area contributed by atoms with Gasteiger partial charge in [-0.15, -0.1) is 0 Å². The summed E-state index contributed by atoms with van der Waals surface area (Å²) in [7, 11) is 1.66. The fourth-order valence-corrected chi connectivity index (χ4v) is 2.30. The van der Waals surface area contributed by atoms with Gasteiger partial charge in [-0.3, -0.25) is 0 Å². The predicted octanol–water partition coefficient (Wildman–Crippen LogP) is 3.86. The average molecular weight is 350 g/mol. The lowest BCUT2D eigenvalue weighted by atomic mass is 10.2. The molecule has 26 heavy (non-hydrogen) atoms. The maximum Gasteiger partial charge on any atom is 0.224 e. The first-order chi connectivity index (χ1) is 12.8. The maximum atomic E-state index is 5.80. The van der Waals surface area contributed by atoms with Gasteiger partial charge >= 0.3 is 0 Å². The van der Waals surface area contributed by atoms with Crippen molar-refractivity contribution in [3.05, 3.63) is 72.4 Å². The van der Waals surface area contributed by atoms with Gasteiger partial charge in [0.25, 0.3) is 0 Å². The van der Waals surface area contributed by atoms with E-state index in [4.69, 9.17) is 9.47 Å². The summed E-state index contributed by atoms with van der Waals surface area (Å²) in [5.74, 6) is 2.11. The van der Waals surface area contributed by atoms with Crippen molar-refractivity contribution in [1.29, 1.82) is 0 Å². The van der Waals surface area contributed by atoms with Crippen LogP contribution in [0.15, 0.2) is 66.9 Å². The van der Waals surface area contributed by atoms with Gasteiger partial charge < -0.3 is 20.1 Å². The van der Waals surface area contributed by atoms with Crippen LogP contribution >= 0.6 is 0 Å². The first-order valence-electron chi connectivity index (χ1n) is 8.43. The van der Waals surface area contributed by atoms with Crippen molar-refractivity contribution >= 4 is 17.5 Å². The highest BCUT2D eigenvalue weighted by atomic mass is 16.5. The summed E-state index contributed by atoms with van der Waals surface area (Å²) in [5.41, 5.74) is 2.07. The highest BCUT2D eigenvalue weighted by molar-refractivity contribution is 5.57. The van der Waals surface area contributed by atoms with E-state index < -0.39 is 0 Å². The van der Waals surface area contributed by atoms with Gasteiger partial charge in [-0.2, -0.15) is 4.98 Å². The lowest BCUT2D eigenvalue weighted by Gasteiger charge is -2.10.